The number of hydrogen-bond acceptors (Lipinski definition) is 5. The van der Waals surface area contributed by atoms with Crippen LogP contribution >= 0.6 is 0 Å². The van der Waals surface area contributed by atoms with Gasteiger partial charge in [0.15, 0.2) is 5.65 Å². The molecule has 0 saturated carbocycles. The predicted molar refractivity (Wildman–Crippen MR) is 96.5 cm³/mol. The third-order valence-corrected chi connectivity index (χ3v) is 4.58. The lowest BCUT2D eigenvalue weighted by molar-refractivity contribution is 0.698. The van der Waals surface area contributed by atoms with Crippen LogP contribution in [0.3, 0.4) is 0 Å². The average Bonchev–Trinajstić information content (AvgIpc) is 2.96. The molecular weight excluding hydrogens is 300 g/mol. The second-order valence-corrected chi connectivity index (χ2v) is 6.27. The smallest absolute Gasteiger partial charge is 0.163 e. The second kappa shape index (κ2) is 6.11. The van der Waals surface area contributed by atoms with Crippen molar-refractivity contribution in [2.75, 3.05) is 29.9 Å². The highest BCUT2D eigenvalue weighted by Crippen LogP contribution is 2.26. The summed E-state index contributed by atoms with van der Waals surface area (Å²) in [5.74, 6) is 1.63. The summed E-state index contributed by atoms with van der Waals surface area (Å²) in [5.41, 5.74) is 3.69. The molecule has 1 aliphatic heterocycles. The van der Waals surface area contributed by atoms with Crippen LogP contribution in [0.5, 0.6) is 0 Å². The fourth-order valence-electron chi connectivity index (χ4n) is 3.42. The molecule has 1 N–H and O–H groups in total. The summed E-state index contributed by atoms with van der Waals surface area (Å²) in [6, 6.07) is 8.71. The van der Waals surface area contributed by atoms with E-state index in [1.54, 1.807) is 4.68 Å². The zero-order valence-electron chi connectivity index (χ0n) is 14.2. The van der Waals surface area contributed by atoms with Gasteiger partial charge in [-0.05, 0) is 31.4 Å². The van der Waals surface area contributed by atoms with E-state index in [1.807, 2.05) is 20.2 Å². The lowest BCUT2D eigenvalue weighted by Gasteiger charge is -2.31. The van der Waals surface area contributed by atoms with Crippen molar-refractivity contribution in [3.05, 3.63) is 41.9 Å². The molecule has 6 nitrogen and oxygen atoms in total. The van der Waals surface area contributed by atoms with Crippen molar-refractivity contribution >= 4 is 22.5 Å². The Morgan fingerprint density at radius 2 is 2.08 bits per heavy atom. The van der Waals surface area contributed by atoms with E-state index in [4.69, 9.17) is 0 Å². The molecule has 3 heterocycles. The van der Waals surface area contributed by atoms with E-state index in [-0.39, 0.29) is 0 Å². The summed E-state index contributed by atoms with van der Waals surface area (Å²) in [5, 5.41) is 8.74. The van der Waals surface area contributed by atoms with Crippen LogP contribution in [0.4, 0.5) is 11.5 Å². The van der Waals surface area contributed by atoms with Crippen molar-refractivity contribution < 1.29 is 0 Å². The van der Waals surface area contributed by atoms with Crippen LogP contribution < -0.4 is 10.2 Å². The summed E-state index contributed by atoms with van der Waals surface area (Å²) >= 11 is 0. The second-order valence-electron chi connectivity index (χ2n) is 6.27. The van der Waals surface area contributed by atoms with Crippen LogP contribution in [0, 0.1) is 6.92 Å². The molecule has 0 amide bonds. The van der Waals surface area contributed by atoms with Gasteiger partial charge in [0, 0.05) is 32.4 Å². The Bertz CT molecular complexity index is 869. The molecule has 4 rings (SSSR count). The van der Waals surface area contributed by atoms with Gasteiger partial charge in [-0.15, -0.1) is 0 Å². The molecule has 24 heavy (non-hydrogen) atoms. The molecule has 1 aromatic carbocycles. The normalized spacial score (nSPS) is 14.0. The first-order chi connectivity index (χ1) is 11.7. The molecule has 0 unspecified atom stereocenters. The van der Waals surface area contributed by atoms with Crippen LogP contribution in [0.15, 0.2) is 30.5 Å². The van der Waals surface area contributed by atoms with Crippen molar-refractivity contribution in [3.8, 4) is 0 Å². The number of nitrogens with one attached hydrogen (secondary N) is 1. The highest BCUT2D eigenvalue weighted by molar-refractivity contribution is 5.86. The lowest BCUT2D eigenvalue weighted by Crippen LogP contribution is -2.33. The van der Waals surface area contributed by atoms with Crippen molar-refractivity contribution in [1.29, 1.82) is 0 Å². The zero-order chi connectivity index (χ0) is 16.5. The van der Waals surface area contributed by atoms with E-state index in [9.17, 15) is 0 Å². The van der Waals surface area contributed by atoms with Crippen LogP contribution in [-0.2, 0) is 13.5 Å². The van der Waals surface area contributed by atoms with Gasteiger partial charge in [-0.1, -0.05) is 18.2 Å². The summed E-state index contributed by atoms with van der Waals surface area (Å²) in [6.45, 7) is 4.83. The average molecular weight is 322 g/mol. The maximum absolute atomic E-state index is 4.55. The molecule has 0 radical (unpaired) electrons. The fourth-order valence-corrected chi connectivity index (χ4v) is 3.42. The van der Waals surface area contributed by atoms with Gasteiger partial charge in [0.05, 0.1) is 11.6 Å². The van der Waals surface area contributed by atoms with E-state index < -0.39 is 0 Å². The molecular formula is C18H22N6. The Hall–Kier alpha value is -2.63. The SMILES string of the molecule is Cc1nc(NCCN2CCCc3ccccc32)c2cnn(C)c2n1. The third kappa shape index (κ3) is 2.68. The highest BCUT2D eigenvalue weighted by Gasteiger charge is 2.16. The minimum absolute atomic E-state index is 0.761. The summed E-state index contributed by atoms with van der Waals surface area (Å²) in [7, 11) is 1.91. The topological polar surface area (TPSA) is 58.9 Å². The van der Waals surface area contributed by atoms with E-state index in [2.05, 4.69) is 49.5 Å². The molecule has 3 aromatic rings. The van der Waals surface area contributed by atoms with E-state index in [0.29, 0.717) is 0 Å². The van der Waals surface area contributed by atoms with Crippen LogP contribution in [0.2, 0.25) is 0 Å². The maximum Gasteiger partial charge on any atom is 0.163 e. The summed E-state index contributed by atoms with van der Waals surface area (Å²) in [6.07, 6.45) is 4.23. The van der Waals surface area contributed by atoms with Gasteiger partial charge in [-0.3, -0.25) is 4.68 Å². The van der Waals surface area contributed by atoms with E-state index in [0.717, 1.165) is 42.3 Å². The molecule has 0 atom stereocenters. The number of para-hydroxylation sites is 1. The Morgan fingerprint density at radius 3 is 3.00 bits per heavy atom. The van der Waals surface area contributed by atoms with Gasteiger partial charge in [0.2, 0.25) is 0 Å². The Morgan fingerprint density at radius 1 is 1.21 bits per heavy atom. The number of anilines is 2. The minimum atomic E-state index is 0.761. The molecule has 124 valence electrons. The molecule has 0 bridgehead atoms. The van der Waals surface area contributed by atoms with Gasteiger partial charge in [-0.25, -0.2) is 9.97 Å². The number of aryl methyl sites for hydroxylation is 3. The van der Waals surface area contributed by atoms with Gasteiger partial charge >= 0.3 is 0 Å². The van der Waals surface area contributed by atoms with E-state index in [1.165, 1.54) is 24.1 Å². The van der Waals surface area contributed by atoms with Crippen molar-refractivity contribution in [2.24, 2.45) is 7.05 Å². The van der Waals surface area contributed by atoms with Crippen molar-refractivity contribution in [2.45, 2.75) is 19.8 Å². The minimum Gasteiger partial charge on any atom is -0.370 e. The van der Waals surface area contributed by atoms with Gasteiger partial charge in [0.1, 0.15) is 11.6 Å². The molecule has 0 spiro atoms. The van der Waals surface area contributed by atoms with Gasteiger partial charge in [-0.2, -0.15) is 5.10 Å². The number of rotatable bonds is 4. The highest BCUT2D eigenvalue weighted by atomic mass is 15.3. The lowest BCUT2D eigenvalue weighted by atomic mass is 10.0. The number of benzene rings is 1. The number of nitrogens with zero attached hydrogens (tertiary/aromatic N) is 5. The Labute approximate surface area is 141 Å². The van der Waals surface area contributed by atoms with Gasteiger partial charge in [0.25, 0.3) is 0 Å². The van der Waals surface area contributed by atoms with Gasteiger partial charge < -0.3 is 10.2 Å². The summed E-state index contributed by atoms with van der Waals surface area (Å²) < 4.78 is 1.79. The molecule has 0 aliphatic carbocycles. The number of hydrogen-bond donors (Lipinski definition) is 1. The van der Waals surface area contributed by atoms with Crippen molar-refractivity contribution in [1.82, 2.24) is 19.7 Å². The molecule has 0 fully saturated rings. The van der Waals surface area contributed by atoms with Crippen LogP contribution in [0.25, 0.3) is 11.0 Å². The maximum atomic E-state index is 4.55. The zero-order valence-corrected chi connectivity index (χ0v) is 14.2. The number of fused-ring (bicyclic) bond motifs is 2. The third-order valence-electron chi connectivity index (χ3n) is 4.58. The van der Waals surface area contributed by atoms with Crippen LogP contribution in [0.1, 0.15) is 17.8 Å². The number of aromatic nitrogens is 4. The molecule has 2 aromatic heterocycles. The predicted octanol–water partition coefficient (Wildman–Crippen LogP) is 2.54. The standard InChI is InChI=1S/C18H22N6/c1-13-21-17(15-12-20-23(2)18(15)22-13)19-9-11-24-10-5-7-14-6-3-4-8-16(14)24/h3-4,6,8,12H,5,7,9-11H2,1-2H3,(H,19,21,22). The molecule has 0 saturated heterocycles. The molecule has 1 aliphatic rings. The Kier molecular flexibility index (Phi) is 3.80. The fraction of sp³-hybridized carbons (Fsp3) is 0.389. The quantitative estimate of drug-likeness (QED) is 0.800. The first kappa shape index (κ1) is 14.9. The monoisotopic (exact) mass is 322 g/mol. The first-order valence-electron chi connectivity index (χ1n) is 8.45. The van der Waals surface area contributed by atoms with Crippen LogP contribution in [-0.4, -0.2) is 39.4 Å². The van der Waals surface area contributed by atoms with E-state index >= 15 is 0 Å². The largest absolute Gasteiger partial charge is 0.370 e. The van der Waals surface area contributed by atoms with Crippen molar-refractivity contribution in [3.63, 3.8) is 0 Å². The first-order valence-corrected chi connectivity index (χ1v) is 8.45. The Balaban J connectivity index is 1.49. The molecule has 6 heteroatoms. The summed E-state index contributed by atoms with van der Waals surface area (Å²) in [4.78, 5) is 11.5.